The van der Waals surface area contributed by atoms with Gasteiger partial charge in [-0.1, -0.05) is 23.4 Å². The van der Waals surface area contributed by atoms with E-state index in [-0.39, 0.29) is 17.8 Å². The molecule has 1 aliphatic rings. The molecule has 134 valence electrons. The van der Waals surface area contributed by atoms with Gasteiger partial charge in [0.25, 0.3) is 11.1 Å². The molecule has 1 aromatic heterocycles. The van der Waals surface area contributed by atoms with Gasteiger partial charge in [0.2, 0.25) is 5.91 Å². The second kappa shape index (κ2) is 8.55. The van der Waals surface area contributed by atoms with Crippen molar-refractivity contribution in [1.29, 1.82) is 0 Å². The molecule has 0 radical (unpaired) electrons. The standard InChI is InChI=1S/C16H18ClN3O4S/c1-11(15(21)20-6-8-22-9-7-20)25-16-19-18-14(24-16)10-23-13-4-2-12(17)3-5-13/h2-5,11H,6-10H2,1H3/t11-/m0/s1. The van der Waals surface area contributed by atoms with Crippen molar-refractivity contribution in [1.82, 2.24) is 15.1 Å². The van der Waals surface area contributed by atoms with Gasteiger partial charge in [-0.05, 0) is 31.2 Å². The van der Waals surface area contributed by atoms with Gasteiger partial charge in [0.1, 0.15) is 5.75 Å². The zero-order valence-corrected chi connectivity index (χ0v) is 15.3. The van der Waals surface area contributed by atoms with E-state index in [1.165, 1.54) is 11.8 Å². The van der Waals surface area contributed by atoms with Crippen molar-refractivity contribution in [2.45, 2.75) is 24.0 Å². The zero-order valence-electron chi connectivity index (χ0n) is 13.7. The molecule has 2 heterocycles. The highest BCUT2D eigenvalue weighted by atomic mass is 35.5. The normalized spacial score (nSPS) is 15.8. The van der Waals surface area contributed by atoms with E-state index in [2.05, 4.69) is 10.2 Å². The molecule has 0 N–H and O–H groups in total. The Labute approximate surface area is 154 Å². The van der Waals surface area contributed by atoms with Crippen LogP contribution in [0.1, 0.15) is 12.8 Å². The molecule has 0 unspecified atom stereocenters. The molecule has 1 aromatic carbocycles. The van der Waals surface area contributed by atoms with E-state index < -0.39 is 0 Å². The maximum absolute atomic E-state index is 12.4. The number of hydrogen-bond acceptors (Lipinski definition) is 7. The Morgan fingerprint density at radius 2 is 2.04 bits per heavy atom. The number of morpholine rings is 1. The van der Waals surface area contributed by atoms with Gasteiger partial charge in [-0.3, -0.25) is 4.79 Å². The predicted octanol–water partition coefficient (Wildman–Crippen LogP) is 2.64. The second-order valence-corrected chi connectivity index (χ2v) is 7.13. The summed E-state index contributed by atoms with van der Waals surface area (Å²) < 4.78 is 16.3. The van der Waals surface area contributed by atoms with Gasteiger partial charge in [-0.2, -0.15) is 0 Å². The van der Waals surface area contributed by atoms with Crippen LogP contribution in [-0.2, 0) is 16.1 Å². The summed E-state index contributed by atoms with van der Waals surface area (Å²) in [5.74, 6) is 1.06. The molecule has 0 spiro atoms. The highest BCUT2D eigenvalue weighted by Gasteiger charge is 2.25. The van der Waals surface area contributed by atoms with Gasteiger partial charge in [-0.15, -0.1) is 10.2 Å². The summed E-state index contributed by atoms with van der Waals surface area (Å²) >= 11 is 7.07. The summed E-state index contributed by atoms with van der Waals surface area (Å²) in [4.78, 5) is 14.2. The van der Waals surface area contributed by atoms with Crippen molar-refractivity contribution in [2.24, 2.45) is 0 Å². The van der Waals surface area contributed by atoms with E-state index in [0.29, 0.717) is 48.2 Å². The van der Waals surface area contributed by atoms with Gasteiger partial charge in [0.15, 0.2) is 6.61 Å². The lowest BCUT2D eigenvalue weighted by Crippen LogP contribution is -2.44. The van der Waals surface area contributed by atoms with Crippen molar-refractivity contribution < 1.29 is 18.7 Å². The molecular formula is C16H18ClN3O4S. The lowest BCUT2D eigenvalue weighted by Gasteiger charge is -2.28. The van der Waals surface area contributed by atoms with Crippen LogP contribution in [0, 0.1) is 0 Å². The van der Waals surface area contributed by atoms with Crippen LogP contribution < -0.4 is 4.74 Å². The van der Waals surface area contributed by atoms with E-state index in [0.717, 1.165) is 0 Å². The third-order valence-electron chi connectivity index (χ3n) is 3.57. The Morgan fingerprint density at radius 1 is 1.32 bits per heavy atom. The molecule has 25 heavy (non-hydrogen) atoms. The van der Waals surface area contributed by atoms with Crippen molar-refractivity contribution in [3.63, 3.8) is 0 Å². The van der Waals surface area contributed by atoms with Crippen LogP contribution in [0.3, 0.4) is 0 Å². The highest BCUT2D eigenvalue weighted by Crippen LogP contribution is 2.24. The van der Waals surface area contributed by atoms with Crippen LogP contribution >= 0.6 is 23.4 Å². The molecule has 0 aliphatic carbocycles. The second-order valence-electron chi connectivity index (χ2n) is 5.40. The lowest BCUT2D eigenvalue weighted by atomic mass is 10.3. The summed E-state index contributed by atoms with van der Waals surface area (Å²) in [6.45, 7) is 4.38. The van der Waals surface area contributed by atoms with Gasteiger partial charge in [0, 0.05) is 18.1 Å². The number of halogens is 1. The first-order valence-electron chi connectivity index (χ1n) is 7.86. The number of carbonyl (C=O) groups is 1. The first-order chi connectivity index (χ1) is 12.1. The smallest absolute Gasteiger partial charge is 0.277 e. The zero-order chi connectivity index (χ0) is 17.6. The van der Waals surface area contributed by atoms with Crippen molar-refractivity contribution in [3.05, 3.63) is 35.2 Å². The summed E-state index contributed by atoms with van der Waals surface area (Å²) in [6, 6.07) is 7.00. The quantitative estimate of drug-likeness (QED) is 0.709. The van der Waals surface area contributed by atoms with Crippen molar-refractivity contribution >= 4 is 29.3 Å². The SMILES string of the molecule is C[C@H](Sc1nnc(COc2ccc(Cl)cc2)o1)C(=O)N1CCOCC1. The largest absolute Gasteiger partial charge is 0.484 e. The van der Waals surface area contributed by atoms with Crippen LogP contribution in [0.5, 0.6) is 5.75 Å². The number of ether oxygens (including phenoxy) is 2. The fraction of sp³-hybridized carbons (Fsp3) is 0.438. The number of carbonyl (C=O) groups excluding carboxylic acids is 1. The van der Waals surface area contributed by atoms with Crippen molar-refractivity contribution in [2.75, 3.05) is 26.3 Å². The van der Waals surface area contributed by atoms with E-state index in [1.807, 2.05) is 6.92 Å². The predicted molar refractivity (Wildman–Crippen MR) is 92.8 cm³/mol. The molecule has 7 nitrogen and oxygen atoms in total. The molecule has 1 atom stereocenters. The fourth-order valence-corrected chi connectivity index (χ4v) is 3.17. The van der Waals surface area contributed by atoms with E-state index in [1.54, 1.807) is 29.2 Å². The number of hydrogen-bond donors (Lipinski definition) is 0. The Kier molecular flexibility index (Phi) is 6.17. The topological polar surface area (TPSA) is 77.7 Å². The average Bonchev–Trinajstić information content (AvgIpc) is 3.08. The molecule has 1 amide bonds. The Morgan fingerprint density at radius 3 is 2.76 bits per heavy atom. The summed E-state index contributed by atoms with van der Waals surface area (Å²) in [5, 5.41) is 8.59. The van der Waals surface area contributed by atoms with Crippen LogP contribution in [0.4, 0.5) is 0 Å². The number of thioether (sulfide) groups is 1. The van der Waals surface area contributed by atoms with Gasteiger partial charge < -0.3 is 18.8 Å². The molecular weight excluding hydrogens is 366 g/mol. The highest BCUT2D eigenvalue weighted by molar-refractivity contribution is 8.00. The number of nitrogens with zero attached hydrogens (tertiary/aromatic N) is 3. The summed E-state index contributed by atoms with van der Waals surface area (Å²) in [5.41, 5.74) is 0. The minimum absolute atomic E-state index is 0.0467. The third kappa shape index (κ3) is 5.10. The van der Waals surface area contributed by atoms with Gasteiger partial charge >= 0.3 is 0 Å². The monoisotopic (exact) mass is 383 g/mol. The summed E-state index contributed by atoms with van der Waals surface area (Å²) in [6.07, 6.45) is 0. The van der Waals surface area contributed by atoms with Crippen LogP contribution in [0.25, 0.3) is 0 Å². The minimum atomic E-state index is -0.302. The maximum atomic E-state index is 12.4. The third-order valence-corrected chi connectivity index (χ3v) is 4.75. The molecule has 2 aromatic rings. The fourth-order valence-electron chi connectivity index (χ4n) is 2.26. The average molecular weight is 384 g/mol. The number of amides is 1. The molecule has 3 rings (SSSR count). The van der Waals surface area contributed by atoms with Crippen LogP contribution in [0.2, 0.25) is 5.02 Å². The molecule has 0 bridgehead atoms. The first kappa shape index (κ1) is 18.0. The van der Waals surface area contributed by atoms with Gasteiger partial charge in [0.05, 0.1) is 18.5 Å². The Bertz CT molecular complexity index is 704. The molecule has 0 saturated carbocycles. The molecule has 1 fully saturated rings. The minimum Gasteiger partial charge on any atom is -0.484 e. The number of rotatable bonds is 6. The van der Waals surface area contributed by atoms with E-state index >= 15 is 0 Å². The Hall–Kier alpha value is -1.77. The Balaban J connectivity index is 1.50. The first-order valence-corrected chi connectivity index (χ1v) is 9.11. The van der Waals surface area contributed by atoms with Crippen molar-refractivity contribution in [3.8, 4) is 5.75 Å². The summed E-state index contributed by atoms with van der Waals surface area (Å²) in [7, 11) is 0. The van der Waals surface area contributed by atoms with Crippen LogP contribution in [0.15, 0.2) is 33.9 Å². The number of benzene rings is 1. The van der Waals surface area contributed by atoms with E-state index in [4.69, 9.17) is 25.5 Å². The molecule has 9 heteroatoms. The molecule has 1 aliphatic heterocycles. The van der Waals surface area contributed by atoms with E-state index in [9.17, 15) is 4.79 Å². The maximum Gasteiger partial charge on any atom is 0.277 e. The molecule has 1 saturated heterocycles. The van der Waals surface area contributed by atoms with Crippen LogP contribution in [-0.4, -0.2) is 52.6 Å². The number of aromatic nitrogens is 2. The van der Waals surface area contributed by atoms with Gasteiger partial charge in [-0.25, -0.2) is 0 Å². The lowest BCUT2D eigenvalue weighted by molar-refractivity contribution is -0.134.